The highest BCUT2D eigenvalue weighted by Gasteiger charge is 2.22. The molecule has 0 aromatic heterocycles. The molecule has 3 rings (SSSR count). The first kappa shape index (κ1) is 34.9. The molecule has 35 heavy (non-hydrogen) atoms. The Bertz CT molecular complexity index is 495. The Morgan fingerprint density at radius 3 is 0.857 bits per heavy atom. The molecule has 0 aromatic rings. The van der Waals surface area contributed by atoms with Gasteiger partial charge in [0, 0.05) is 0 Å². The van der Waals surface area contributed by atoms with Gasteiger partial charge in [0.2, 0.25) is 0 Å². The maximum absolute atomic E-state index is 10.2. The summed E-state index contributed by atoms with van der Waals surface area (Å²) in [6, 6.07) is 0. The fraction of sp³-hybridized carbons (Fsp3) is 0.826. The second-order valence-electron chi connectivity index (χ2n) is 8.56. The minimum atomic E-state index is -1.22. The quantitative estimate of drug-likeness (QED) is 0.235. The number of aliphatic hydroxyl groups excluding tert-OH is 4. The van der Waals surface area contributed by atoms with Crippen LogP contribution < -0.4 is 0 Å². The fourth-order valence-corrected chi connectivity index (χ4v) is 3.76. The Labute approximate surface area is 205 Å². The third-order valence-electron chi connectivity index (χ3n) is 5.93. The van der Waals surface area contributed by atoms with Gasteiger partial charge in [-0.1, -0.05) is 38.5 Å². The maximum Gasteiger partial charge on any atom is 0.306 e. The number of rotatable bonds is 6. The SMILES string of the molecule is O=C(O)C1CCCC1.O=C(O)C1CCCC1.O=C(O)C1CCCC1.O=CO.OCC(O)C(O)CO. The predicted octanol–water partition coefficient (Wildman–Crippen LogP) is 1.18. The van der Waals surface area contributed by atoms with E-state index in [9.17, 15) is 14.4 Å². The van der Waals surface area contributed by atoms with Crippen LogP contribution in [0.1, 0.15) is 77.0 Å². The molecule has 0 aliphatic heterocycles. The van der Waals surface area contributed by atoms with Crippen LogP contribution in [0.2, 0.25) is 0 Å². The fourth-order valence-electron chi connectivity index (χ4n) is 3.76. The van der Waals surface area contributed by atoms with Crippen molar-refractivity contribution in [1.82, 2.24) is 0 Å². The lowest BCUT2D eigenvalue weighted by molar-refractivity contribution is -0.142. The zero-order chi connectivity index (χ0) is 27.2. The van der Waals surface area contributed by atoms with Crippen LogP contribution in [-0.4, -0.2) is 90.7 Å². The molecule has 0 bridgehead atoms. The average molecular weight is 511 g/mol. The van der Waals surface area contributed by atoms with E-state index in [0.717, 1.165) is 77.0 Å². The summed E-state index contributed by atoms with van der Waals surface area (Å²) in [7, 11) is 0. The van der Waals surface area contributed by atoms with Crippen molar-refractivity contribution in [2.45, 2.75) is 89.3 Å². The number of carboxylic acid groups (broad SMARTS) is 4. The normalized spacial score (nSPS) is 19.2. The minimum absolute atomic E-state index is 0.0185. The van der Waals surface area contributed by atoms with Crippen LogP contribution in [0, 0.1) is 17.8 Å². The van der Waals surface area contributed by atoms with Crippen LogP contribution in [0.5, 0.6) is 0 Å². The summed E-state index contributed by atoms with van der Waals surface area (Å²) >= 11 is 0. The second kappa shape index (κ2) is 22.2. The van der Waals surface area contributed by atoms with Gasteiger partial charge in [-0.05, 0) is 38.5 Å². The lowest BCUT2D eigenvalue weighted by Gasteiger charge is -2.10. The van der Waals surface area contributed by atoms with Crippen LogP contribution in [0.25, 0.3) is 0 Å². The van der Waals surface area contributed by atoms with Crippen molar-refractivity contribution >= 4 is 24.4 Å². The van der Waals surface area contributed by atoms with E-state index in [1.165, 1.54) is 0 Å². The van der Waals surface area contributed by atoms with Crippen molar-refractivity contribution in [2.24, 2.45) is 17.8 Å². The van der Waals surface area contributed by atoms with Gasteiger partial charge < -0.3 is 40.9 Å². The van der Waals surface area contributed by atoms with Crippen molar-refractivity contribution in [3.05, 3.63) is 0 Å². The molecule has 0 radical (unpaired) electrons. The third kappa shape index (κ3) is 18.7. The highest BCUT2D eigenvalue weighted by molar-refractivity contribution is 5.70. The molecule has 0 amide bonds. The van der Waals surface area contributed by atoms with Crippen LogP contribution in [0.4, 0.5) is 0 Å². The van der Waals surface area contributed by atoms with E-state index >= 15 is 0 Å². The van der Waals surface area contributed by atoms with E-state index in [1.807, 2.05) is 0 Å². The topological polar surface area (TPSA) is 230 Å². The van der Waals surface area contributed by atoms with Gasteiger partial charge in [-0.25, -0.2) is 0 Å². The van der Waals surface area contributed by atoms with Crippen molar-refractivity contribution in [2.75, 3.05) is 13.2 Å². The van der Waals surface area contributed by atoms with Crippen molar-refractivity contribution in [1.29, 1.82) is 0 Å². The standard InChI is InChI=1S/3C6H10O2.C4H10O4.CH2O2/c3*7-6(8)5-3-1-2-4-5;5-1-3(7)4(8)2-6;2-1-3/h3*5H,1-4H2,(H,7,8);3-8H,1-2H2;1H,(H,2,3). The number of aliphatic carboxylic acids is 3. The molecule has 3 saturated carbocycles. The molecule has 0 saturated heterocycles. The smallest absolute Gasteiger partial charge is 0.306 e. The third-order valence-corrected chi connectivity index (χ3v) is 5.93. The molecule has 0 spiro atoms. The predicted molar refractivity (Wildman–Crippen MR) is 124 cm³/mol. The van der Waals surface area contributed by atoms with Gasteiger partial charge in [-0.15, -0.1) is 0 Å². The largest absolute Gasteiger partial charge is 0.483 e. The van der Waals surface area contributed by atoms with Crippen LogP contribution in [0.3, 0.4) is 0 Å². The molecule has 0 heterocycles. The summed E-state index contributed by atoms with van der Waals surface area (Å²) in [5, 5.41) is 65.3. The molecular weight excluding hydrogens is 468 g/mol. The first-order valence-corrected chi connectivity index (χ1v) is 11.9. The zero-order valence-corrected chi connectivity index (χ0v) is 20.1. The van der Waals surface area contributed by atoms with Gasteiger partial charge in [0.15, 0.2) is 0 Å². The minimum Gasteiger partial charge on any atom is -0.483 e. The van der Waals surface area contributed by atoms with E-state index in [0.29, 0.717) is 0 Å². The molecule has 0 aromatic carbocycles. The van der Waals surface area contributed by atoms with E-state index in [4.69, 9.17) is 45.6 Å². The first-order valence-electron chi connectivity index (χ1n) is 11.9. The summed E-state index contributed by atoms with van der Waals surface area (Å²) < 4.78 is 0. The van der Waals surface area contributed by atoms with Gasteiger partial charge in [-0.3, -0.25) is 19.2 Å². The molecular formula is C23H42O12. The molecule has 3 aliphatic rings. The Hall–Kier alpha value is -2.28. The summed E-state index contributed by atoms with van der Waals surface area (Å²) in [4.78, 5) is 39.0. The number of hydrogen-bond acceptors (Lipinski definition) is 8. The van der Waals surface area contributed by atoms with Crippen LogP contribution in [0.15, 0.2) is 0 Å². The summed E-state index contributed by atoms with van der Waals surface area (Å²) in [6.07, 6.45) is 9.59. The Morgan fingerprint density at radius 2 is 0.771 bits per heavy atom. The molecule has 8 N–H and O–H groups in total. The molecule has 2 atom stereocenters. The van der Waals surface area contributed by atoms with Gasteiger partial charge in [-0.2, -0.15) is 0 Å². The second-order valence-corrected chi connectivity index (χ2v) is 8.56. The highest BCUT2D eigenvalue weighted by atomic mass is 16.4. The van der Waals surface area contributed by atoms with E-state index in [2.05, 4.69) is 0 Å². The van der Waals surface area contributed by atoms with Gasteiger partial charge in [0.1, 0.15) is 12.2 Å². The zero-order valence-electron chi connectivity index (χ0n) is 20.1. The van der Waals surface area contributed by atoms with Gasteiger partial charge in [0.25, 0.3) is 6.47 Å². The number of carbonyl (C=O) groups is 4. The number of carboxylic acids is 3. The van der Waals surface area contributed by atoms with Crippen molar-refractivity contribution < 1.29 is 60.0 Å². The summed E-state index contributed by atoms with van der Waals surface area (Å²) in [5.41, 5.74) is 0. The Balaban J connectivity index is 0. The summed E-state index contributed by atoms with van der Waals surface area (Å²) in [6.45, 7) is -1.30. The first-order chi connectivity index (χ1) is 16.5. The molecule has 2 unspecified atom stereocenters. The van der Waals surface area contributed by atoms with Crippen LogP contribution >= 0.6 is 0 Å². The molecule has 3 fully saturated rings. The molecule has 206 valence electrons. The average Bonchev–Trinajstić information content (AvgIpc) is 3.62. The van der Waals surface area contributed by atoms with E-state index in [-0.39, 0.29) is 24.2 Å². The van der Waals surface area contributed by atoms with Gasteiger partial charge >= 0.3 is 17.9 Å². The van der Waals surface area contributed by atoms with Crippen LogP contribution in [-0.2, 0) is 19.2 Å². The van der Waals surface area contributed by atoms with Gasteiger partial charge in [0.05, 0.1) is 31.0 Å². The monoisotopic (exact) mass is 510 g/mol. The summed E-state index contributed by atoms with van der Waals surface area (Å²) in [5.74, 6) is -1.88. The lowest BCUT2D eigenvalue weighted by atomic mass is 10.1. The highest BCUT2D eigenvalue weighted by Crippen LogP contribution is 2.25. The Morgan fingerprint density at radius 1 is 0.600 bits per heavy atom. The lowest BCUT2D eigenvalue weighted by Crippen LogP contribution is -2.31. The number of aliphatic hydroxyl groups is 4. The van der Waals surface area contributed by atoms with E-state index in [1.54, 1.807) is 0 Å². The maximum atomic E-state index is 10.2. The molecule has 12 nitrogen and oxygen atoms in total. The van der Waals surface area contributed by atoms with Crippen molar-refractivity contribution in [3.8, 4) is 0 Å². The van der Waals surface area contributed by atoms with Crippen molar-refractivity contribution in [3.63, 3.8) is 0 Å². The van der Waals surface area contributed by atoms with E-state index < -0.39 is 43.3 Å². The molecule has 3 aliphatic carbocycles. The molecule has 12 heteroatoms. The number of hydrogen-bond donors (Lipinski definition) is 8. The Kier molecular flexibility index (Phi) is 22.1.